The van der Waals surface area contributed by atoms with Crippen molar-refractivity contribution in [1.29, 1.82) is 0 Å². The first-order chi connectivity index (χ1) is 12.5. The summed E-state index contributed by atoms with van der Waals surface area (Å²) < 4.78 is 10.1. The quantitative estimate of drug-likeness (QED) is 0.671. The molecule has 0 aliphatic rings. The standard InChI is InChI=1S/C20H23NO5/c1-14(20(24)25-2)26-17-10-8-16(9-11-17)13-21-18(19(22)23)12-15-6-4-3-5-7-15/h3-11,14,18,21H,12-13H2,1-2H3,(H,22,23)/t14?,18-/m1/s1. The first-order valence-electron chi connectivity index (χ1n) is 8.33. The van der Waals surface area contributed by atoms with Crippen molar-refractivity contribution in [2.75, 3.05) is 7.11 Å². The lowest BCUT2D eigenvalue weighted by Crippen LogP contribution is -2.38. The molecule has 0 fully saturated rings. The van der Waals surface area contributed by atoms with E-state index in [0.29, 0.717) is 18.7 Å². The fourth-order valence-corrected chi connectivity index (χ4v) is 2.44. The minimum atomic E-state index is -0.888. The van der Waals surface area contributed by atoms with E-state index in [9.17, 15) is 14.7 Å². The van der Waals surface area contributed by atoms with Crippen LogP contribution in [-0.4, -0.2) is 36.3 Å². The van der Waals surface area contributed by atoms with Gasteiger partial charge < -0.3 is 19.9 Å². The van der Waals surface area contributed by atoms with Crippen molar-refractivity contribution in [3.8, 4) is 5.75 Å². The molecule has 2 aromatic rings. The van der Waals surface area contributed by atoms with Crippen LogP contribution in [0.1, 0.15) is 18.1 Å². The molecule has 6 nitrogen and oxygen atoms in total. The number of carboxylic acid groups (broad SMARTS) is 1. The number of nitrogens with one attached hydrogen (secondary N) is 1. The molecule has 0 amide bonds. The van der Waals surface area contributed by atoms with Gasteiger partial charge in [-0.1, -0.05) is 42.5 Å². The summed E-state index contributed by atoms with van der Waals surface area (Å²) in [6, 6.07) is 16.0. The number of benzene rings is 2. The van der Waals surface area contributed by atoms with Crippen molar-refractivity contribution in [3.05, 3.63) is 65.7 Å². The van der Waals surface area contributed by atoms with Gasteiger partial charge in [0.1, 0.15) is 11.8 Å². The van der Waals surface area contributed by atoms with Gasteiger partial charge in [0, 0.05) is 6.54 Å². The van der Waals surface area contributed by atoms with E-state index in [-0.39, 0.29) is 0 Å². The first-order valence-corrected chi connectivity index (χ1v) is 8.33. The lowest BCUT2D eigenvalue weighted by Gasteiger charge is -2.15. The van der Waals surface area contributed by atoms with Crippen molar-refractivity contribution in [1.82, 2.24) is 5.32 Å². The fourth-order valence-electron chi connectivity index (χ4n) is 2.44. The molecule has 0 heterocycles. The largest absolute Gasteiger partial charge is 0.480 e. The number of aliphatic carboxylic acids is 1. The molecule has 2 rings (SSSR count). The lowest BCUT2D eigenvalue weighted by atomic mass is 10.1. The van der Waals surface area contributed by atoms with Gasteiger partial charge in [0.05, 0.1) is 7.11 Å². The molecule has 2 atom stereocenters. The van der Waals surface area contributed by atoms with E-state index >= 15 is 0 Å². The molecule has 0 spiro atoms. The number of ether oxygens (including phenoxy) is 2. The summed E-state index contributed by atoms with van der Waals surface area (Å²) in [5.74, 6) is -0.785. The van der Waals surface area contributed by atoms with E-state index in [1.807, 2.05) is 42.5 Å². The number of carbonyl (C=O) groups is 2. The third-order valence-electron chi connectivity index (χ3n) is 3.90. The maximum atomic E-state index is 11.5. The van der Waals surface area contributed by atoms with Crippen LogP contribution in [-0.2, 0) is 27.3 Å². The maximum absolute atomic E-state index is 11.5. The van der Waals surface area contributed by atoms with Gasteiger partial charge in [-0.15, -0.1) is 0 Å². The third-order valence-corrected chi connectivity index (χ3v) is 3.90. The van der Waals surface area contributed by atoms with Crippen LogP contribution in [0, 0.1) is 0 Å². The van der Waals surface area contributed by atoms with Gasteiger partial charge in [0.25, 0.3) is 0 Å². The average Bonchev–Trinajstić information content (AvgIpc) is 2.66. The van der Waals surface area contributed by atoms with Gasteiger partial charge >= 0.3 is 11.9 Å². The summed E-state index contributed by atoms with van der Waals surface area (Å²) in [6.07, 6.45) is -0.278. The number of hydrogen-bond donors (Lipinski definition) is 2. The number of hydrogen-bond acceptors (Lipinski definition) is 5. The molecule has 0 aromatic heterocycles. The van der Waals surface area contributed by atoms with Crippen LogP contribution in [0.3, 0.4) is 0 Å². The first kappa shape index (κ1) is 19.5. The summed E-state index contributed by atoms with van der Waals surface area (Å²) in [5, 5.41) is 12.5. The minimum absolute atomic E-state index is 0.411. The number of carbonyl (C=O) groups excluding carboxylic acids is 1. The highest BCUT2D eigenvalue weighted by Crippen LogP contribution is 2.15. The monoisotopic (exact) mass is 357 g/mol. The second kappa shape index (κ2) is 9.58. The van der Waals surface area contributed by atoms with Crippen LogP contribution < -0.4 is 10.1 Å². The fraction of sp³-hybridized carbons (Fsp3) is 0.300. The molecular weight excluding hydrogens is 334 g/mol. The molecule has 0 aliphatic heterocycles. The molecule has 2 aromatic carbocycles. The van der Waals surface area contributed by atoms with Gasteiger partial charge in [-0.2, -0.15) is 0 Å². The van der Waals surface area contributed by atoms with E-state index in [0.717, 1.165) is 11.1 Å². The smallest absolute Gasteiger partial charge is 0.346 e. The Balaban J connectivity index is 1.91. The zero-order valence-electron chi connectivity index (χ0n) is 14.8. The highest BCUT2D eigenvalue weighted by atomic mass is 16.6. The van der Waals surface area contributed by atoms with Gasteiger partial charge in [-0.3, -0.25) is 4.79 Å². The zero-order valence-corrected chi connectivity index (χ0v) is 14.8. The number of methoxy groups -OCH3 is 1. The van der Waals surface area contributed by atoms with E-state index in [4.69, 9.17) is 4.74 Å². The molecule has 2 N–H and O–H groups in total. The normalized spacial score (nSPS) is 12.8. The SMILES string of the molecule is COC(=O)C(C)Oc1ccc(CN[C@H](Cc2ccccc2)C(=O)O)cc1. The summed E-state index contributed by atoms with van der Waals surface area (Å²) >= 11 is 0. The van der Waals surface area contributed by atoms with Crippen LogP contribution >= 0.6 is 0 Å². The van der Waals surface area contributed by atoms with Crippen molar-refractivity contribution in [2.24, 2.45) is 0 Å². The molecule has 0 saturated carbocycles. The molecule has 0 aliphatic carbocycles. The Kier molecular flexibility index (Phi) is 7.17. The Morgan fingerprint density at radius 2 is 1.69 bits per heavy atom. The number of rotatable bonds is 9. The Bertz CT molecular complexity index is 715. The summed E-state index contributed by atoms with van der Waals surface area (Å²) in [7, 11) is 1.31. The maximum Gasteiger partial charge on any atom is 0.346 e. The predicted octanol–water partition coefficient (Wildman–Crippen LogP) is 2.41. The van der Waals surface area contributed by atoms with E-state index in [2.05, 4.69) is 10.1 Å². The number of carboxylic acids is 1. The molecule has 1 unspecified atom stereocenters. The Labute approximate surface area is 152 Å². The van der Waals surface area contributed by atoms with Crippen LogP contribution in [0.4, 0.5) is 0 Å². The summed E-state index contributed by atoms with van der Waals surface area (Å²) in [5.41, 5.74) is 1.88. The topological polar surface area (TPSA) is 84.9 Å². The van der Waals surface area contributed by atoms with Crippen molar-refractivity contribution >= 4 is 11.9 Å². The second-order valence-corrected chi connectivity index (χ2v) is 5.89. The Morgan fingerprint density at radius 1 is 1.04 bits per heavy atom. The third kappa shape index (κ3) is 5.89. The zero-order chi connectivity index (χ0) is 18.9. The van der Waals surface area contributed by atoms with Crippen molar-refractivity contribution in [2.45, 2.75) is 32.0 Å². The van der Waals surface area contributed by atoms with Gasteiger partial charge in [0.15, 0.2) is 6.10 Å². The molecule has 0 bridgehead atoms. The minimum Gasteiger partial charge on any atom is -0.480 e. The molecular formula is C20H23NO5. The van der Waals surface area contributed by atoms with E-state index in [1.165, 1.54) is 7.11 Å². The van der Waals surface area contributed by atoms with E-state index < -0.39 is 24.1 Å². The molecule has 26 heavy (non-hydrogen) atoms. The van der Waals surface area contributed by atoms with Crippen LogP contribution in [0.25, 0.3) is 0 Å². The molecule has 0 radical (unpaired) electrons. The Hall–Kier alpha value is -2.86. The van der Waals surface area contributed by atoms with Gasteiger partial charge in [-0.25, -0.2) is 4.79 Å². The van der Waals surface area contributed by atoms with Gasteiger partial charge in [-0.05, 0) is 36.6 Å². The highest BCUT2D eigenvalue weighted by molar-refractivity contribution is 5.74. The molecule has 0 saturated heterocycles. The van der Waals surface area contributed by atoms with Crippen molar-refractivity contribution < 1.29 is 24.2 Å². The van der Waals surface area contributed by atoms with Crippen LogP contribution in [0.5, 0.6) is 5.75 Å². The highest BCUT2D eigenvalue weighted by Gasteiger charge is 2.17. The average molecular weight is 357 g/mol. The number of esters is 1. The molecule has 6 heteroatoms. The van der Waals surface area contributed by atoms with Crippen LogP contribution in [0.15, 0.2) is 54.6 Å². The predicted molar refractivity (Wildman–Crippen MR) is 97.0 cm³/mol. The van der Waals surface area contributed by atoms with Crippen LogP contribution in [0.2, 0.25) is 0 Å². The molecule has 138 valence electrons. The van der Waals surface area contributed by atoms with Gasteiger partial charge in [0.2, 0.25) is 0 Å². The summed E-state index contributed by atoms with van der Waals surface area (Å²) in [4.78, 5) is 22.8. The lowest BCUT2D eigenvalue weighted by molar-refractivity contribution is -0.148. The van der Waals surface area contributed by atoms with Crippen molar-refractivity contribution in [3.63, 3.8) is 0 Å². The van der Waals surface area contributed by atoms with E-state index in [1.54, 1.807) is 19.1 Å². The second-order valence-electron chi connectivity index (χ2n) is 5.89. The summed E-state index contributed by atoms with van der Waals surface area (Å²) in [6.45, 7) is 2.03. The Morgan fingerprint density at radius 3 is 2.27 bits per heavy atom.